The molecule has 0 saturated heterocycles. The second kappa shape index (κ2) is 6.46. The summed E-state index contributed by atoms with van der Waals surface area (Å²) in [5.74, 6) is 5.51. The Kier molecular flexibility index (Phi) is 5.23. The fourth-order valence-electron chi connectivity index (χ4n) is 1.69. The fourth-order valence-corrected chi connectivity index (χ4v) is 1.69. The molecule has 2 heteroatoms. The lowest BCUT2D eigenvalue weighted by molar-refractivity contribution is 0.574. The number of benzene rings is 1. The molecule has 0 aliphatic heterocycles. The standard InChI is InChI=1S/C14H22N2/c1-11(2)10-14(16-15)9-8-13-6-4-12(3)5-7-13/h4-7,10,14,16H,8-9,15H2,1-3H3. The van der Waals surface area contributed by atoms with E-state index in [0.29, 0.717) is 0 Å². The molecule has 0 aliphatic rings. The highest BCUT2D eigenvalue weighted by molar-refractivity contribution is 5.21. The second-order valence-corrected chi connectivity index (χ2v) is 4.54. The van der Waals surface area contributed by atoms with E-state index in [1.807, 2.05) is 0 Å². The topological polar surface area (TPSA) is 38.0 Å². The zero-order chi connectivity index (χ0) is 12.0. The van der Waals surface area contributed by atoms with Gasteiger partial charge in [0.2, 0.25) is 0 Å². The Morgan fingerprint density at radius 1 is 1.31 bits per heavy atom. The molecule has 0 saturated carbocycles. The van der Waals surface area contributed by atoms with E-state index in [1.165, 1.54) is 16.7 Å². The van der Waals surface area contributed by atoms with Gasteiger partial charge in [0, 0.05) is 6.04 Å². The second-order valence-electron chi connectivity index (χ2n) is 4.54. The maximum atomic E-state index is 5.51. The lowest BCUT2D eigenvalue weighted by Gasteiger charge is -2.12. The van der Waals surface area contributed by atoms with Crippen molar-refractivity contribution in [1.82, 2.24) is 5.43 Å². The van der Waals surface area contributed by atoms with Crippen LogP contribution in [0.5, 0.6) is 0 Å². The minimum Gasteiger partial charge on any atom is -0.271 e. The SMILES string of the molecule is CC(C)=CC(CCc1ccc(C)cc1)NN. The summed E-state index contributed by atoms with van der Waals surface area (Å²) in [5.41, 5.74) is 6.81. The predicted octanol–water partition coefficient (Wildman–Crippen LogP) is 2.73. The van der Waals surface area contributed by atoms with Gasteiger partial charge >= 0.3 is 0 Å². The Morgan fingerprint density at radius 3 is 2.44 bits per heavy atom. The van der Waals surface area contributed by atoms with Crippen molar-refractivity contribution in [3.8, 4) is 0 Å². The lowest BCUT2D eigenvalue weighted by atomic mass is 10.0. The molecular weight excluding hydrogens is 196 g/mol. The summed E-state index contributed by atoms with van der Waals surface area (Å²) >= 11 is 0. The van der Waals surface area contributed by atoms with Gasteiger partial charge in [-0.1, -0.05) is 41.5 Å². The van der Waals surface area contributed by atoms with E-state index >= 15 is 0 Å². The van der Waals surface area contributed by atoms with Crippen LogP contribution in [0.4, 0.5) is 0 Å². The summed E-state index contributed by atoms with van der Waals surface area (Å²) in [5, 5.41) is 0. The molecule has 0 bridgehead atoms. The van der Waals surface area contributed by atoms with Crippen LogP contribution in [-0.2, 0) is 6.42 Å². The van der Waals surface area contributed by atoms with Crippen molar-refractivity contribution in [2.75, 3.05) is 0 Å². The quantitative estimate of drug-likeness (QED) is 0.453. The first kappa shape index (κ1) is 12.9. The van der Waals surface area contributed by atoms with Gasteiger partial charge in [-0.05, 0) is 39.2 Å². The van der Waals surface area contributed by atoms with Gasteiger partial charge in [-0.15, -0.1) is 0 Å². The van der Waals surface area contributed by atoms with Crippen molar-refractivity contribution in [3.63, 3.8) is 0 Å². The molecule has 0 fully saturated rings. The molecule has 1 aromatic carbocycles. The summed E-state index contributed by atoms with van der Waals surface area (Å²) in [7, 11) is 0. The molecule has 3 N–H and O–H groups in total. The average Bonchev–Trinajstić information content (AvgIpc) is 2.26. The number of nitrogens with two attached hydrogens (primary N) is 1. The highest BCUT2D eigenvalue weighted by Crippen LogP contribution is 2.08. The van der Waals surface area contributed by atoms with Crippen molar-refractivity contribution in [3.05, 3.63) is 47.0 Å². The number of hydrazine groups is 1. The third-order valence-corrected chi connectivity index (χ3v) is 2.61. The zero-order valence-electron chi connectivity index (χ0n) is 10.5. The van der Waals surface area contributed by atoms with E-state index in [1.54, 1.807) is 0 Å². The van der Waals surface area contributed by atoms with Gasteiger partial charge in [-0.25, -0.2) is 0 Å². The van der Waals surface area contributed by atoms with Gasteiger partial charge in [0.05, 0.1) is 0 Å². The molecule has 1 aromatic rings. The van der Waals surface area contributed by atoms with Crippen LogP contribution in [-0.4, -0.2) is 6.04 Å². The smallest absolute Gasteiger partial charge is 0.0396 e. The third kappa shape index (κ3) is 4.60. The number of allylic oxidation sites excluding steroid dienone is 1. The molecule has 0 aliphatic carbocycles. The lowest BCUT2D eigenvalue weighted by Crippen LogP contribution is -2.34. The first-order valence-corrected chi connectivity index (χ1v) is 5.78. The van der Waals surface area contributed by atoms with Crippen LogP contribution in [0.25, 0.3) is 0 Å². The molecule has 0 aromatic heterocycles. The summed E-state index contributed by atoms with van der Waals surface area (Å²) in [6.07, 6.45) is 4.26. The van der Waals surface area contributed by atoms with Crippen molar-refractivity contribution < 1.29 is 0 Å². The Balaban J connectivity index is 2.49. The Bertz CT molecular complexity index is 334. The van der Waals surface area contributed by atoms with Crippen molar-refractivity contribution in [2.45, 2.75) is 39.7 Å². The first-order valence-electron chi connectivity index (χ1n) is 5.78. The molecule has 0 radical (unpaired) electrons. The summed E-state index contributed by atoms with van der Waals surface area (Å²) < 4.78 is 0. The summed E-state index contributed by atoms with van der Waals surface area (Å²) in [6, 6.07) is 8.95. The van der Waals surface area contributed by atoms with Gasteiger partial charge in [0.1, 0.15) is 0 Å². The molecule has 1 rings (SSSR count). The maximum Gasteiger partial charge on any atom is 0.0396 e. The largest absolute Gasteiger partial charge is 0.271 e. The minimum atomic E-state index is 0.270. The third-order valence-electron chi connectivity index (χ3n) is 2.61. The van der Waals surface area contributed by atoms with Gasteiger partial charge in [-0.3, -0.25) is 11.3 Å². The average molecular weight is 218 g/mol. The Hall–Kier alpha value is -1.12. The summed E-state index contributed by atoms with van der Waals surface area (Å²) in [4.78, 5) is 0. The molecule has 16 heavy (non-hydrogen) atoms. The number of hydrogen-bond donors (Lipinski definition) is 2. The van der Waals surface area contributed by atoms with Crippen LogP contribution in [0, 0.1) is 6.92 Å². The highest BCUT2D eigenvalue weighted by atomic mass is 15.2. The number of nitrogens with one attached hydrogen (secondary N) is 1. The molecule has 88 valence electrons. The molecule has 0 amide bonds. The number of rotatable bonds is 5. The van der Waals surface area contributed by atoms with Crippen LogP contribution < -0.4 is 11.3 Å². The van der Waals surface area contributed by atoms with E-state index in [2.05, 4.69) is 56.5 Å². The first-order chi connectivity index (χ1) is 7.61. The molecular formula is C14H22N2. The zero-order valence-corrected chi connectivity index (χ0v) is 10.5. The van der Waals surface area contributed by atoms with E-state index in [9.17, 15) is 0 Å². The van der Waals surface area contributed by atoms with Crippen LogP contribution in [0.2, 0.25) is 0 Å². The predicted molar refractivity (Wildman–Crippen MR) is 70.0 cm³/mol. The van der Waals surface area contributed by atoms with Gasteiger partial charge in [0.15, 0.2) is 0 Å². The molecule has 1 unspecified atom stereocenters. The van der Waals surface area contributed by atoms with E-state index in [0.717, 1.165) is 12.8 Å². The van der Waals surface area contributed by atoms with Gasteiger partial charge in [0.25, 0.3) is 0 Å². The van der Waals surface area contributed by atoms with Crippen LogP contribution >= 0.6 is 0 Å². The van der Waals surface area contributed by atoms with E-state index in [-0.39, 0.29) is 6.04 Å². The van der Waals surface area contributed by atoms with Gasteiger partial charge in [-0.2, -0.15) is 0 Å². The maximum absolute atomic E-state index is 5.51. The van der Waals surface area contributed by atoms with Crippen molar-refractivity contribution >= 4 is 0 Å². The van der Waals surface area contributed by atoms with E-state index in [4.69, 9.17) is 5.84 Å². The van der Waals surface area contributed by atoms with Crippen LogP contribution in [0.3, 0.4) is 0 Å². The molecule has 0 spiro atoms. The Morgan fingerprint density at radius 2 is 1.94 bits per heavy atom. The fraction of sp³-hybridized carbons (Fsp3) is 0.429. The van der Waals surface area contributed by atoms with Crippen LogP contribution in [0.1, 0.15) is 31.4 Å². The van der Waals surface area contributed by atoms with Crippen LogP contribution in [0.15, 0.2) is 35.9 Å². The molecule has 0 heterocycles. The monoisotopic (exact) mass is 218 g/mol. The highest BCUT2D eigenvalue weighted by Gasteiger charge is 2.03. The van der Waals surface area contributed by atoms with E-state index < -0.39 is 0 Å². The van der Waals surface area contributed by atoms with Crippen molar-refractivity contribution in [1.29, 1.82) is 0 Å². The minimum absolute atomic E-state index is 0.270. The summed E-state index contributed by atoms with van der Waals surface area (Å²) in [6.45, 7) is 6.30. The van der Waals surface area contributed by atoms with Gasteiger partial charge < -0.3 is 0 Å². The number of aryl methyl sites for hydroxylation is 2. The normalized spacial score (nSPS) is 12.2. The molecule has 1 atom stereocenters. The van der Waals surface area contributed by atoms with Crippen molar-refractivity contribution in [2.24, 2.45) is 5.84 Å². The Labute approximate surface area is 98.5 Å². The number of hydrogen-bond acceptors (Lipinski definition) is 2. The molecule has 2 nitrogen and oxygen atoms in total.